The monoisotopic (exact) mass is 237 g/mol. The number of hydrogen-bond acceptors (Lipinski definition) is 4. The number of para-hydroxylation sites is 1. The predicted octanol–water partition coefficient (Wildman–Crippen LogP) is 1.77. The van der Waals surface area contributed by atoms with Crippen LogP contribution in [0.1, 0.15) is 18.9 Å². The summed E-state index contributed by atoms with van der Waals surface area (Å²) in [5.41, 5.74) is 7.58. The summed E-state index contributed by atoms with van der Waals surface area (Å²) in [6, 6.07) is 7.62. The summed E-state index contributed by atoms with van der Waals surface area (Å²) < 4.78 is 5.12. The van der Waals surface area contributed by atoms with E-state index in [2.05, 4.69) is 10.5 Å². The van der Waals surface area contributed by atoms with Gasteiger partial charge in [-0.15, -0.1) is 0 Å². The van der Waals surface area contributed by atoms with Crippen LogP contribution in [0, 0.1) is 0 Å². The van der Waals surface area contributed by atoms with Crippen LogP contribution < -0.4 is 11.1 Å². The van der Waals surface area contributed by atoms with Gasteiger partial charge in [0.05, 0.1) is 12.6 Å². The smallest absolute Gasteiger partial charge is 0.161 e. The maximum atomic E-state index is 8.69. The van der Waals surface area contributed by atoms with Gasteiger partial charge in [-0.3, -0.25) is 0 Å². The van der Waals surface area contributed by atoms with Crippen molar-refractivity contribution in [3.05, 3.63) is 29.8 Å². The largest absolute Gasteiger partial charge is 0.409 e. The predicted molar refractivity (Wildman–Crippen MR) is 68.3 cm³/mol. The molecule has 0 saturated carbocycles. The van der Waals surface area contributed by atoms with Crippen molar-refractivity contribution in [3.63, 3.8) is 0 Å². The molecule has 0 aliphatic rings. The summed E-state index contributed by atoms with van der Waals surface area (Å²) in [6.07, 6.45) is 0.733. The molecule has 0 saturated heterocycles. The first-order chi connectivity index (χ1) is 8.22. The van der Waals surface area contributed by atoms with Crippen LogP contribution in [0.25, 0.3) is 0 Å². The Bertz CT molecular complexity index is 380. The van der Waals surface area contributed by atoms with Gasteiger partial charge in [-0.25, -0.2) is 0 Å². The Morgan fingerprint density at radius 3 is 2.82 bits per heavy atom. The van der Waals surface area contributed by atoms with E-state index in [0.717, 1.165) is 17.7 Å². The zero-order valence-corrected chi connectivity index (χ0v) is 10.2. The Hall–Kier alpha value is -1.75. The number of oxime groups is 1. The summed E-state index contributed by atoms with van der Waals surface area (Å²) in [4.78, 5) is 0. The van der Waals surface area contributed by atoms with E-state index in [1.165, 1.54) is 0 Å². The van der Waals surface area contributed by atoms with Crippen molar-refractivity contribution in [3.8, 4) is 0 Å². The van der Waals surface area contributed by atoms with Gasteiger partial charge in [0.2, 0.25) is 0 Å². The molecule has 0 aromatic heterocycles. The molecule has 1 aromatic rings. The molecule has 94 valence electrons. The molecule has 0 heterocycles. The Labute approximate surface area is 101 Å². The van der Waals surface area contributed by atoms with Crippen LogP contribution in [0.4, 0.5) is 5.69 Å². The second-order valence-corrected chi connectivity index (χ2v) is 3.72. The molecule has 5 nitrogen and oxygen atoms in total. The summed E-state index contributed by atoms with van der Waals surface area (Å²) in [6.45, 7) is 2.49. The Kier molecular flexibility index (Phi) is 5.29. The second-order valence-electron chi connectivity index (χ2n) is 3.72. The van der Waals surface area contributed by atoms with Gasteiger partial charge in [0.1, 0.15) is 0 Å². The number of amidine groups is 1. The SMILES string of the molecule is CCC(Nc1ccccc1COC)C(N)=NO. The van der Waals surface area contributed by atoms with Gasteiger partial charge in [-0.1, -0.05) is 30.3 Å². The molecule has 0 bridgehead atoms. The molecule has 5 heteroatoms. The van der Waals surface area contributed by atoms with Crippen molar-refractivity contribution in [1.82, 2.24) is 0 Å². The zero-order valence-electron chi connectivity index (χ0n) is 10.2. The van der Waals surface area contributed by atoms with Gasteiger partial charge in [0, 0.05) is 18.4 Å². The number of hydrogen-bond donors (Lipinski definition) is 3. The molecule has 1 atom stereocenters. The van der Waals surface area contributed by atoms with E-state index < -0.39 is 0 Å². The molecule has 0 spiro atoms. The van der Waals surface area contributed by atoms with Crippen LogP contribution in [0.5, 0.6) is 0 Å². The molecule has 0 fully saturated rings. The van der Waals surface area contributed by atoms with E-state index in [1.807, 2.05) is 31.2 Å². The van der Waals surface area contributed by atoms with Crippen LogP contribution in [-0.2, 0) is 11.3 Å². The number of ether oxygens (including phenoxy) is 1. The zero-order chi connectivity index (χ0) is 12.7. The van der Waals surface area contributed by atoms with Crippen LogP contribution >= 0.6 is 0 Å². The van der Waals surface area contributed by atoms with E-state index >= 15 is 0 Å². The molecular weight excluding hydrogens is 218 g/mol. The highest BCUT2D eigenvalue weighted by molar-refractivity contribution is 5.87. The highest BCUT2D eigenvalue weighted by atomic mass is 16.5. The van der Waals surface area contributed by atoms with Gasteiger partial charge in [0.25, 0.3) is 0 Å². The van der Waals surface area contributed by atoms with Gasteiger partial charge in [-0.05, 0) is 12.5 Å². The second kappa shape index (κ2) is 6.75. The van der Waals surface area contributed by atoms with Crippen molar-refractivity contribution >= 4 is 11.5 Å². The third-order valence-electron chi connectivity index (χ3n) is 2.53. The lowest BCUT2D eigenvalue weighted by Gasteiger charge is -2.19. The third kappa shape index (κ3) is 3.64. The van der Waals surface area contributed by atoms with Gasteiger partial charge >= 0.3 is 0 Å². The van der Waals surface area contributed by atoms with E-state index in [4.69, 9.17) is 15.7 Å². The molecule has 1 rings (SSSR count). The first-order valence-electron chi connectivity index (χ1n) is 5.53. The average Bonchev–Trinajstić information content (AvgIpc) is 2.37. The van der Waals surface area contributed by atoms with Crippen LogP contribution in [-0.4, -0.2) is 24.2 Å². The number of nitrogens with two attached hydrogens (primary N) is 1. The number of benzene rings is 1. The van der Waals surface area contributed by atoms with Gasteiger partial charge in [0.15, 0.2) is 5.84 Å². The molecule has 1 unspecified atom stereocenters. The number of anilines is 1. The van der Waals surface area contributed by atoms with Gasteiger partial charge < -0.3 is 21.0 Å². The maximum Gasteiger partial charge on any atom is 0.161 e. The van der Waals surface area contributed by atoms with E-state index in [1.54, 1.807) is 7.11 Å². The highest BCUT2D eigenvalue weighted by Gasteiger charge is 2.12. The average molecular weight is 237 g/mol. The minimum Gasteiger partial charge on any atom is -0.409 e. The Morgan fingerprint density at radius 2 is 2.24 bits per heavy atom. The molecule has 0 amide bonds. The van der Waals surface area contributed by atoms with Crippen LogP contribution in [0.3, 0.4) is 0 Å². The Balaban J connectivity index is 2.85. The lowest BCUT2D eigenvalue weighted by molar-refractivity contribution is 0.185. The molecule has 0 aliphatic carbocycles. The van der Waals surface area contributed by atoms with E-state index in [0.29, 0.717) is 6.61 Å². The van der Waals surface area contributed by atoms with Crippen molar-refractivity contribution in [2.45, 2.75) is 26.0 Å². The molecule has 0 radical (unpaired) electrons. The number of methoxy groups -OCH3 is 1. The lowest BCUT2D eigenvalue weighted by atomic mass is 10.1. The quantitative estimate of drug-likeness (QED) is 0.305. The third-order valence-corrected chi connectivity index (χ3v) is 2.53. The number of nitrogens with zero attached hydrogens (tertiary/aromatic N) is 1. The molecule has 17 heavy (non-hydrogen) atoms. The van der Waals surface area contributed by atoms with Crippen molar-refractivity contribution < 1.29 is 9.94 Å². The summed E-state index contributed by atoms with van der Waals surface area (Å²) in [7, 11) is 1.65. The standard InChI is InChI=1S/C12H19N3O2/c1-3-10(12(13)15-16)14-11-7-5-4-6-9(11)8-17-2/h4-7,10,14,16H,3,8H2,1-2H3,(H2,13,15). The number of nitrogens with one attached hydrogen (secondary N) is 1. The molecular formula is C12H19N3O2. The summed E-state index contributed by atoms with van der Waals surface area (Å²) in [5.74, 6) is 0.180. The van der Waals surface area contributed by atoms with Crippen molar-refractivity contribution in [2.75, 3.05) is 12.4 Å². The normalized spacial score (nSPS) is 13.4. The summed E-state index contributed by atoms with van der Waals surface area (Å²) in [5, 5.41) is 15.0. The van der Waals surface area contributed by atoms with Gasteiger partial charge in [-0.2, -0.15) is 0 Å². The Morgan fingerprint density at radius 1 is 1.53 bits per heavy atom. The first kappa shape index (κ1) is 13.3. The first-order valence-corrected chi connectivity index (χ1v) is 5.53. The fourth-order valence-electron chi connectivity index (χ4n) is 1.59. The fourth-order valence-corrected chi connectivity index (χ4v) is 1.59. The van der Waals surface area contributed by atoms with Crippen LogP contribution in [0.15, 0.2) is 29.4 Å². The maximum absolute atomic E-state index is 8.69. The highest BCUT2D eigenvalue weighted by Crippen LogP contribution is 2.17. The van der Waals surface area contributed by atoms with Crippen molar-refractivity contribution in [1.29, 1.82) is 0 Å². The van der Waals surface area contributed by atoms with E-state index in [9.17, 15) is 0 Å². The molecule has 0 aliphatic heterocycles. The molecule has 1 aromatic carbocycles. The fraction of sp³-hybridized carbons (Fsp3) is 0.417. The number of rotatable bonds is 6. The lowest BCUT2D eigenvalue weighted by Crippen LogP contribution is -2.35. The minimum atomic E-state index is -0.182. The van der Waals surface area contributed by atoms with E-state index in [-0.39, 0.29) is 11.9 Å². The topological polar surface area (TPSA) is 79.9 Å². The van der Waals surface area contributed by atoms with Crippen molar-refractivity contribution in [2.24, 2.45) is 10.9 Å². The minimum absolute atomic E-state index is 0.180. The van der Waals surface area contributed by atoms with Crippen LogP contribution in [0.2, 0.25) is 0 Å². The molecule has 4 N–H and O–H groups in total. The summed E-state index contributed by atoms with van der Waals surface area (Å²) >= 11 is 0.